The largest absolute Gasteiger partial charge is 0.463 e. The Hall–Kier alpha value is -0.690. The second-order valence-electron chi connectivity index (χ2n) is 4.97. The number of carbonyl (C=O) groups is 1. The molecule has 0 amide bonds. The molecule has 0 atom stereocenters. The lowest BCUT2D eigenvalue weighted by Crippen LogP contribution is -2.14. The van der Waals surface area contributed by atoms with E-state index >= 15 is 0 Å². The molecule has 0 aliphatic rings. The van der Waals surface area contributed by atoms with Crippen molar-refractivity contribution in [2.75, 3.05) is 59.5 Å². The number of carbonyl (C=O) groups excluding carboxylic acids is 1. The van der Waals surface area contributed by atoms with Gasteiger partial charge in [0, 0.05) is 13.5 Å². The van der Waals surface area contributed by atoms with Gasteiger partial charge in [-0.05, 0) is 12.3 Å². The van der Waals surface area contributed by atoms with Crippen molar-refractivity contribution in [3.8, 4) is 0 Å². The Morgan fingerprint density at radius 2 is 1.10 bits per heavy atom. The van der Waals surface area contributed by atoms with E-state index in [9.17, 15) is 4.79 Å². The third kappa shape index (κ3) is 19.3. The molecule has 6 nitrogen and oxygen atoms in total. The van der Waals surface area contributed by atoms with Crippen molar-refractivity contribution in [2.45, 2.75) is 27.2 Å². The summed E-state index contributed by atoms with van der Waals surface area (Å²) < 4.78 is 26.0. The first kappa shape index (κ1) is 20.3. The molecule has 0 aromatic rings. The van der Waals surface area contributed by atoms with Crippen LogP contribution in [0.4, 0.5) is 0 Å². The van der Waals surface area contributed by atoms with Gasteiger partial charge in [-0.15, -0.1) is 0 Å². The van der Waals surface area contributed by atoms with Crippen LogP contribution in [0.1, 0.15) is 27.2 Å². The summed E-state index contributed by atoms with van der Waals surface area (Å²) in [7, 11) is 0. The van der Waals surface area contributed by atoms with Gasteiger partial charge in [-0.1, -0.05) is 13.8 Å². The molecule has 0 aromatic heterocycles. The third-order valence-electron chi connectivity index (χ3n) is 2.49. The maximum atomic E-state index is 10.5. The molecule has 0 heterocycles. The Kier molecular flexibility index (Phi) is 15.2. The maximum Gasteiger partial charge on any atom is 0.302 e. The normalized spacial score (nSPS) is 11.0. The molecule has 126 valence electrons. The van der Waals surface area contributed by atoms with Gasteiger partial charge < -0.3 is 23.7 Å². The minimum Gasteiger partial charge on any atom is -0.463 e. The SMILES string of the molecule is CC(=O)OCCOCCOCCOCCOCCC(C)C. The van der Waals surface area contributed by atoms with Crippen molar-refractivity contribution in [1.82, 2.24) is 0 Å². The van der Waals surface area contributed by atoms with E-state index in [4.69, 9.17) is 23.7 Å². The average Bonchev–Trinajstić information content (AvgIpc) is 2.42. The fourth-order valence-corrected chi connectivity index (χ4v) is 1.33. The first-order valence-corrected chi connectivity index (χ1v) is 7.57. The summed E-state index contributed by atoms with van der Waals surface area (Å²) in [6, 6.07) is 0. The number of esters is 1. The van der Waals surface area contributed by atoms with E-state index in [2.05, 4.69) is 13.8 Å². The standard InChI is InChI=1S/C15H30O6/c1-14(2)4-5-17-6-7-18-8-9-19-10-11-20-12-13-21-15(3)16/h14H,4-13H2,1-3H3. The molecular formula is C15H30O6. The molecule has 0 saturated heterocycles. The zero-order valence-corrected chi connectivity index (χ0v) is 13.6. The van der Waals surface area contributed by atoms with E-state index in [1.165, 1.54) is 6.92 Å². The Bertz CT molecular complexity index is 232. The lowest BCUT2D eigenvalue weighted by Gasteiger charge is -2.08. The summed E-state index contributed by atoms with van der Waals surface area (Å²) in [6.07, 6.45) is 1.08. The summed E-state index contributed by atoms with van der Waals surface area (Å²) >= 11 is 0. The zero-order chi connectivity index (χ0) is 15.8. The molecule has 0 N–H and O–H groups in total. The van der Waals surface area contributed by atoms with E-state index in [1.54, 1.807) is 0 Å². The van der Waals surface area contributed by atoms with Gasteiger partial charge in [0.05, 0.1) is 46.2 Å². The van der Waals surface area contributed by atoms with Crippen molar-refractivity contribution in [3.05, 3.63) is 0 Å². The van der Waals surface area contributed by atoms with Crippen molar-refractivity contribution in [1.29, 1.82) is 0 Å². The van der Waals surface area contributed by atoms with Crippen molar-refractivity contribution < 1.29 is 28.5 Å². The smallest absolute Gasteiger partial charge is 0.302 e. The van der Waals surface area contributed by atoms with E-state index in [-0.39, 0.29) is 12.6 Å². The summed E-state index contributed by atoms with van der Waals surface area (Å²) in [6.45, 7) is 10.5. The van der Waals surface area contributed by atoms with Gasteiger partial charge in [0.2, 0.25) is 0 Å². The second kappa shape index (κ2) is 15.7. The van der Waals surface area contributed by atoms with E-state index in [0.29, 0.717) is 52.2 Å². The Balaban J connectivity index is 2.98. The fraction of sp³-hybridized carbons (Fsp3) is 0.933. The van der Waals surface area contributed by atoms with Crippen LogP contribution in [-0.4, -0.2) is 65.4 Å². The molecule has 6 heteroatoms. The van der Waals surface area contributed by atoms with Gasteiger partial charge in [-0.2, -0.15) is 0 Å². The minimum atomic E-state index is -0.291. The first-order valence-electron chi connectivity index (χ1n) is 7.57. The van der Waals surface area contributed by atoms with Crippen LogP contribution in [0.15, 0.2) is 0 Å². The summed E-state index contributed by atoms with van der Waals surface area (Å²) in [5.74, 6) is 0.385. The number of rotatable bonds is 15. The molecule has 0 bridgehead atoms. The molecule has 0 aromatic carbocycles. The predicted molar refractivity (Wildman–Crippen MR) is 79.4 cm³/mol. The van der Waals surface area contributed by atoms with Crippen molar-refractivity contribution in [3.63, 3.8) is 0 Å². The predicted octanol–water partition coefficient (Wildman–Crippen LogP) is 1.66. The van der Waals surface area contributed by atoms with Crippen LogP contribution in [-0.2, 0) is 28.5 Å². The molecule has 0 rings (SSSR count). The van der Waals surface area contributed by atoms with Crippen LogP contribution in [0.5, 0.6) is 0 Å². The number of ether oxygens (including phenoxy) is 5. The highest BCUT2D eigenvalue weighted by atomic mass is 16.6. The van der Waals surface area contributed by atoms with E-state index in [0.717, 1.165) is 13.0 Å². The van der Waals surface area contributed by atoms with E-state index in [1.807, 2.05) is 0 Å². The van der Waals surface area contributed by atoms with Crippen LogP contribution < -0.4 is 0 Å². The van der Waals surface area contributed by atoms with Crippen LogP contribution >= 0.6 is 0 Å². The lowest BCUT2D eigenvalue weighted by molar-refractivity contribution is -0.142. The molecule has 0 aliphatic carbocycles. The van der Waals surface area contributed by atoms with E-state index < -0.39 is 0 Å². The molecule has 0 fully saturated rings. The van der Waals surface area contributed by atoms with Crippen LogP contribution in [0.3, 0.4) is 0 Å². The number of hydrogen-bond acceptors (Lipinski definition) is 6. The van der Waals surface area contributed by atoms with Crippen LogP contribution in [0, 0.1) is 5.92 Å². The minimum absolute atomic E-state index is 0.287. The molecule has 0 unspecified atom stereocenters. The topological polar surface area (TPSA) is 63.2 Å². The van der Waals surface area contributed by atoms with Gasteiger partial charge in [0.1, 0.15) is 6.61 Å². The van der Waals surface area contributed by atoms with Gasteiger partial charge in [0.25, 0.3) is 0 Å². The highest BCUT2D eigenvalue weighted by Gasteiger charge is 1.95. The summed E-state index contributed by atoms with van der Waals surface area (Å²) in [5.41, 5.74) is 0. The monoisotopic (exact) mass is 306 g/mol. The molecule has 0 saturated carbocycles. The molecule has 0 spiro atoms. The quantitative estimate of drug-likeness (QED) is 0.339. The van der Waals surface area contributed by atoms with Crippen molar-refractivity contribution in [2.24, 2.45) is 5.92 Å². The fourth-order valence-electron chi connectivity index (χ4n) is 1.33. The highest BCUT2D eigenvalue weighted by molar-refractivity contribution is 5.65. The number of hydrogen-bond donors (Lipinski definition) is 0. The maximum absolute atomic E-state index is 10.5. The Morgan fingerprint density at radius 3 is 1.48 bits per heavy atom. The van der Waals surface area contributed by atoms with Gasteiger partial charge in [0.15, 0.2) is 0 Å². The summed E-state index contributed by atoms with van der Waals surface area (Å²) in [5, 5.41) is 0. The average molecular weight is 306 g/mol. The molecular weight excluding hydrogens is 276 g/mol. The third-order valence-corrected chi connectivity index (χ3v) is 2.49. The molecule has 0 radical (unpaired) electrons. The first-order chi connectivity index (χ1) is 10.1. The summed E-state index contributed by atoms with van der Waals surface area (Å²) in [4.78, 5) is 10.5. The van der Waals surface area contributed by atoms with Gasteiger partial charge >= 0.3 is 5.97 Å². The lowest BCUT2D eigenvalue weighted by atomic mass is 10.1. The van der Waals surface area contributed by atoms with Gasteiger partial charge in [-0.25, -0.2) is 0 Å². The second-order valence-corrected chi connectivity index (χ2v) is 4.97. The Morgan fingerprint density at radius 1 is 0.714 bits per heavy atom. The molecule has 21 heavy (non-hydrogen) atoms. The zero-order valence-electron chi connectivity index (χ0n) is 13.6. The Labute approximate surface area is 128 Å². The van der Waals surface area contributed by atoms with Gasteiger partial charge in [-0.3, -0.25) is 4.79 Å². The van der Waals surface area contributed by atoms with Crippen LogP contribution in [0.2, 0.25) is 0 Å². The van der Waals surface area contributed by atoms with Crippen LogP contribution in [0.25, 0.3) is 0 Å². The van der Waals surface area contributed by atoms with Crippen molar-refractivity contribution >= 4 is 5.97 Å². The molecule has 0 aliphatic heterocycles. The highest BCUT2D eigenvalue weighted by Crippen LogP contribution is 1.98.